The summed E-state index contributed by atoms with van der Waals surface area (Å²) in [6.45, 7) is 2.13. The molecule has 0 bridgehead atoms. The van der Waals surface area contributed by atoms with E-state index in [0.29, 0.717) is 6.79 Å². The molecule has 1 fully saturated rings. The van der Waals surface area contributed by atoms with Crippen molar-refractivity contribution < 1.29 is 14.2 Å². The number of ether oxygens (including phenoxy) is 3. The van der Waals surface area contributed by atoms with Gasteiger partial charge in [0.25, 0.3) is 0 Å². The van der Waals surface area contributed by atoms with Gasteiger partial charge in [-0.15, -0.1) is 0 Å². The van der Waals surface area contributed by atoms with E-state index >= 15 is 0 Å². The molecule has 1 saturated heterocycles. The monoisotopic (exact) mass is 249 g/mol. The van der Waals surface area contributed by atoms with E-state index in [-0.39, 0.29) is 6.23 Å². The lowest BCUT2D eigenvalue weighted by molar-refractivity contribution is 0.0297. The van der Waals surface area contributed by atoms with Crippen LogP contribution in [0.15, 0.2) is 18.2 Å². The van der Waals surface area contributed by atoms with Gasteiger partial charge in [-0.05, 0) is 37.1 Å². The Bertz CT molecular complexity index is 398. The molecule has 2 aliphatic rings. The normalized spacial score (nSPS) is 24.1. The fraction of sp³-hybridized carbons (Fsp3) is 0.571. The fourth-order valence-corrected chi connectivity index (χ4v) is 2.36. The van der Waals surface area contributed by atoms with Gasteiger partial charge in [0.2, 0.25) is 6.79 Å². The maximum atomic E-state index is 5.90. The Labute approximate surface area is 107 Å². The minimum atomic E-state index is -0.0300. The van der Waals surface area contributed by atoms with Crippen molar-refractivity contribution in [1.29, 1.82) is 0 Å². The highest BCUT2D eigenvalue weighted by Gasteiger charge is 2.18. The van der Waals surface area contributed by atoms with Crippen LogP contribution in [0, 0.1) is 0 Å². The Morgan fingerprint density at radius 1 is 1.00 bits per heavy atom. The first kappa shape index (κ1) is 11.8. The Balaban J connectivity index is 1.74. The summed E-state index contributed by atoms with van der Waals surface area (Å²) in [5.41, 5.74) is 1.11. The average Bonchev–Trinajstić information content (AvgIpc) is 2.90. The molecule has 1 N–H and O–H groups in total. The summed E-state index contributed by atoms with van der Waals surface area (Å²) in [7, 11) is 0. The minimum Gasteiger partial charge on any atom is -0.454 e. The highest BCUT2D eigenvalue weighted by Crippen LogP contribution is 2.34. The van der Waals surface area contributed by atoms with Crippen LogP contribution in [-0.2, 0) is 4.74 Å². The van der Waals surface area contributed by atoms with Crippen LogP contribution in [0.5, 0.6) is 11.5 Å². The van der Waals surface area contributed by atoms with Gasteiger partial charge in [0.05, 0.1) is 0 Å². The van der Waals surface area contributed by atoms with Gasteiger partial charge in [-0.2, -0.15) is 0 Å². The van der Waals surface area contributed by atoms with Crippen molar-refractivity contribution in [2.75, 3.05) is 19.9 Å². The molecule has 1 atom stereocenters. The molecule has 1 unspecified atom stereocenters. The van der Waals surface area contributed by atoms with Crippen LogP contribution in [0.4, 0.5) is 0 Å². The molecule has 0 aliphatic carbocycles. The maximum absolute atomic E-state index is 5.90. The predicted molar refractivity (Wildman–Crippen MR) is 67.7 cm³/mol. The summed E-state index contributed by atoms with van der Waals surface area (Å²) < 4.78 is 16.6. The number of rotatable bonds is 1. The highest BCUT2D eigenvalue weighted by molar-refractivity contribution is 5.45. The summed E-state index contributed by atoms with van der Waals surface area (Å²) in [4.78, 5) is 0. The molecule has 0 aromatic heterocycles. The second-order valence-corrected chi connectivity index (χ2v) is 4.73. The second-order valence-electron chi connectivity index (χ2n) is 4.73. The van der Waals surface area contributed by atoms with Crippen LogP contribution < -0.4 is 14.8 Å². The van der Waals surface area contributed by atoms with E-state index in [1.807, 2.05) is 18.2 Å². The van der Waals surface area contributed by atoms with Crippen molar-refractivity contribution in [2.24, 2.45) is 0 Å². The lowest BCUT2D eigenvalue weighted by Crippen LogP contribution is -2.24. The smallest absolute Gasteiger partial charge is 0.231 e. The number of fused-ring (bicyclic) bond motifs is 1. The molecule has 0 radical (unpaired) electrons. The summed E-state index contributed by atoms with van der Waals surface area (Å²) >= 11 is 0. The van der Waals surface area contributed by atoms with Crippen LogP contribution in [0.25, 0.3) is 0 Å². The van der Waals surface area contributed by atoms with Gasteiger partial charge in [-0.1, -0.05) is 18.9 Å². The van der Waals surface area contributed by atoms with Crippen LogP contribution >= 0.6 is 0 Å². The molecule has 0 spiro atoms. The van der Waals surface area contributed by atoms with Crippen molar-refractivity contribution in [3.63, 3.8) is 0 Å². The van der Waals surface area contributed by atoms with Gasteiger partial charge in [0.15, 0.2) is 11.5 Å². The van der Waals surface area contributed by atoms with Gasteiger partial charge in [-0.25, -0.2) is 0 Å². The Hall–Kier alpha value is -1.26. The average molecular weight is 249 g/mol. The SMILES string of the molecule is c1cc2c(cc1C1NCCCCCCO1)OCO2. The first-order valence-electron chi connectivity index (χ1n) is 6.68. The predicted octanol–water partition coefficient (Wildman–Crippen LogP) is 2.59. The molecule has 4 nitrogen and oxygen atoms in total. The quantitative estimate of drug-likeness (QED) is 0.830. The minimum absolute atomic E-state index is 0.0300. The third kappa shape index (κ3) is 2.60. The number of benzene rings is 1. The van der Waals surface area contributed by atoms with Crippen molar-refractivity contribution >= 4 is 0 Å². The first-order chi connectivity index (χ1) is 8.93. The molecule has 2 aliphatic heterocycles. The first-order valence-corrected chi connectivity index (χ1v) is 6.68. The van der Waals surface area contributed by atoms with Gasteiger partial charge in [-0.3, -0.25) is 5.32 Å². The Morgan fingerprint density at radius 2 is 1.89 bits per heavy atom. The molecule has 18 heavy (non-hydrogen) atoms. The fourth-order valence-electron chi connectivity index (χ4n) is 2.36. The molecule has 98 valence electrons. The van der Waals surface area contributed by atoms with E-state index in [1.54, 1.807) is 0 Å². The Kier molecular flexibility index (Phi) is 3.67. The molecule has 3 rings (SSSR count). The topological polar surface area (TPSA) is 39.7 Å². The number of hydrogen-bond acceptors (Lipinski definition) is 4. The van der Waals surface area contributed by atoms with Crippen molar-refractivity contribution in [3.05, 3.63) is 23.8 Å². The van der Waals surface area contributed by atoms with Gasteiger partial charge >= 0.3 is 0 Å². The van der Waals surface area contributed by atoms with Crippen LogP contribution in [-0.4, -0.2) is 19.9 Å². The standard InChI is InChI=1S/C14H19NO3/c1-2-4-8-16-14(15-7-3-1)11-5-6-12-13(9-11)18-10-17-12/h5-6,9,14-15H,1-4,7-8,10H2. The zero-order valence-corrected chi connectivity index (χ0v) is 10.5. The molecule has 2 heterocycles. The molecule has 1 aromatic carbocycles. The summed E-state index contributed by atoms with van der Waals surface area (Å²) in [6, 6.07) is 6.01. The third-order valence-corrected chi connectivity index (χ3v) is 3.38. The lowest BCUT2D eigenvalue weighted by atomic mass is 10.1. The second kappa shape index (κ2) is 5.59. The van der Waals surface area contributed by atoms with E-state index in [4.69, 9.17) is 14.2 Å². The van der Waals surface area contributed by atoms with Crippen molar-refractivity contribution in [1.82, 2.24) is 5.32 Å². The number of hydrogen-bond donors (Lipinski definition) is 1. The molecular formula is C14H19NO3. The molecular weight excluding hydrogens is 230 g/mol. The number of nitrogens with one attached hydrogen (secondary N) is 1. The van der Waals surface area contributed by atoms with Crippen LogP contribution in [0.2, 0.25) is 0 Å². The summed E-state index contributed by atoms with van der Waals surface area (Å²) in [5.74, 6) is 1.64. The van der Waals surface area contributed by atoms with E-state index in [0.717, 1.165) is 36.6 Å². The van der Waals surface area contributed by atoms with Gasteiger partial charge < -0.3 is 14.2 Å². The van der Waals surface area contributed by atoms with E-state index in [1.165, 1.54) is 19.3 Å². The molecule has 0 saturated carbocycles. The largest absolute Gasteiger partial charge is 0.454 e. The van der Waals surface area contributed by atoms with Crippen LogP contribution in [0.1, 0.15) is 37.5 Å². The molecule has 1 aromatic rings. The van der Waals surface area contributed by atoms with E-state index in [2.05, 4.69) is 5.32 Å². The summed E-state index contributed by atoms with van der Waals surface area (Å²) in [6.07, 6.45) is 4.87. The highest BCUT2D eigenvalue weighted by atomic mass is 16.7. The molecule has 4 heteroatoms. The Morgan fingerprint density at radius 3 is 2.89 bits per heavy atom. The zero-order valence-electron chi connectivity index (χ0n) is 10.5. The molecule has 0 amide bonds. The van der Waals surface area contributed by atoms with Crippen LogP contribution in [0.3, 0.4) is 0 Å². The van der Waals surface area contributed by atoms with Crippen molar-refractivity contribution in [3.8, 4) is 11.5 Å². The third-order valence-electron chi connectivity index (χ3n) is 3.38. The lowest BCUT2D eigenvalue weighted by Gasteiger charge is -2.19. The van der Waals surface area contributed by atoms with E-state index < -0.39 is 0 Å². The van der Waals surface area contributed by atoms with Gasteiger partial charge in [0, 0.05) is 6.61 Å². The van der Waals surface area contributed by atoms with Crippen molar-refractivity contribution in [2.45, 2.75) is 31.9 Å². The maximum Gasteiger partial charge on any atom is 0.231 e. The van der Waals surface area contributed by atoms with E-state index in [9.17, 15) is 0 Å². The summed E-state index contributed by atoms with van der Waals surface area (Å²) in [5, 5.41) is 3.45. The zero-order chi connectivity index (χ0) is 12.2. The van der Waals surface area contributed by atoms with Gasteiger partial charge in [0.1, 0.15) is 6.23 Å².